The lowest BCUT2D eigenvalue weighted by atomic mass is 10.2. The predicted octanol–water partition coefficient (Wildman–Crippen LogP) is 3.80. The molecule has 0 aromatic rings. The Morgan fingerprint density at radius 3 is 2.31 bits per heavy atom. The van der Waals surface area contributed by atoms with E-state index in [-0.39, 0.29) is 5.97 Å². The van der Waals surface area contributed by atoms with Crippen LogP contribution in [0.3, 0.4) is 0 Å². The number of allylic oxidation sites excluding steroid dienone is 4. The molecule has 0 amide bonds. The third-order valence-electron chi connectivity index (χ3n) is 2.12. The zero-order chi connectivity index (χ0) is 12.1. The van der Waals surface area contributed by atoms with Gasteiger partial charge in [-0.15, -0.1) is 6.58 Å². The first-order valence-electron chi connectivity index (χ1n) is 5.79. The van der Waals surface area contributed by atoms with Crippen LogP contribution in [0.4, 0.5) is 0 Å². The number of carbonyl (C=O) groups is 1. The van der Waals surface area contributed by atoms with Crippen LogP contribution in [0.1, 0.15) is 38.5 Å². The van der Waals surface area contributed by atoms with Crippen molar-refractivity contribution in [2.24, 2.45) is 0 Å². The number of hydrogen-bond donors (Lipinski definition) is 0. The largest absolute Gasteiger partial charge is 0.469 e. The molecule has 0 saturated heterocycles. The van der Waals surface area contributed by atoms with Crippen LogP contribution in [0, 0.1) is 0 Å². The van der Waals surface area contributed by atoms with Crippen molar-refractivity contribution in [2.45, 2.75) is 38.5 Å². The monoisotopic (exact) mass is 222 g/mol. The molecule has 2 nitrogen and oxygen atoms in total. The number of unbranched alkanes of at least 4 members (excludes halogenated alkanes) is 3. The predicted molar refractivity (Wildman–Crippen MR) is 68.2 cm³/mol. The summed E-state index contributed by atoms with van der Waals surface area (Å²) in [4.78, 5) is 10.8. The van der Waals surface area contributed by atoms with Crippen molar-refractivity contribution in [3.05, 3.63) is 37.0 Å². The molecule has 0 bridgehead atoms. The second-order valence-corrected chi connectivity index (χ2v) is 3.52. The minimum absolute atomic E-state index is 0.184. The van der Waals surface area contributed by atoms with Crippen molar-refractivity contribution >= 4 is 5.97 Å². The Morgan fingerprint density at radius 2 is 1.69 bits per heavy atom. The van der Waals surface area contributed by atoms with Crippen molar-refractivity contribution in [1.29, 1.82) is 0 Å². The molecule has 0 aliphatic rings. The maximum absolute atomic E-state index is 10.8. The summed E-state index contributed by atoms with van der Waals surface area (Å²) in [5.74, 6) is -0.184. The first-order valence-corrected chi connectivity index (χ1v) is 5.79. The van der Waals surface area contributed by atoms with Gasteiger partial charge < -0.3 is 4.74 Å². The highest BCUT2D eigenvalue weighted by Crippen LogP contribution is 2.00. The van der Waals surface area contributed by atoms with Crippen LogP contribution in [0.25, 0.3) is 0 Å². The van der Waals surface area contributed by atoms with Crippen molar-refractivity contribution in [3.63, 3.8) is 0 Å². The minimum Gasteiger partial charge on any atom is -0.469 e. The fourth-order valence-corrected chi connectivity index (χ4v) is 1.19. The second-order valence-electron chi connectivity index (χ2n) is 3.52. The van der Waals surface area contributed by atoms with Gasteiger partial charge >= 0.3 is 5.97 Å². The third-order valence-corrected chi connectivity index (χ3v) is 2.12. The van der Waals surface area contributed by atoms with E-state index in [1.807, 2.05) is 18.2 Å². The number of rotatable bonds is 9. The molecule has 0 rings (SSSR count). The summed E-state index contributed by atoms with van der Waals surface area (Å²) in [5, 5.41) is 0. The van der Waals surface area contributed by atoms with Crippen LogP contribution in [0.15, 0.2) is 37.0 Å². The average molecular weight is 222 g/mol. The second kappa shape index (κ2) is 11.8. The molecule has 0 radical (unpaired) electrons. The fourth-order valence-electron chi connectivity index (χ4n) is 1.19. The van der Waals surface area contributed by atoms with Crippen LogP contribution in [0.2, 0.25) is 0 Å². The Morgan fingerprint density at radius 1 is 1.06 bits per heavy atom. The van der Waals surface area contributed by atoms with E-state index in [0.717, 1.165) is 25.7 Å². The van der Waals surface area contributed by atoms with Gasteiger partial charge in [-0.25, -0.2) is 0 Å². The summed E-state index contributed by atoms with van der Waals surface area (Å²) < 4.78 is 4.52. The van der Waals surface area contributed by atoms with Crippen molar-refractivity contribution in [2.75, 3.05) is 7.11 Å². The highest BCUT2D eigenvalue weighted by molar-refractivity contribution is 5.70. The van der Waals surface area contributed by atoms with Gasteiger partial charge in [0.2, 0.25) is 0 Å². The Kier molecular flexibility index (Phi) is 10.8. The van der Waals surface area contributed by atoms with Crippen molar-refractivity contribution < 1.29 is 9.53 Å². The van der Waals surface area contributed by atoms with Gasteiger partial charge in [0.25, 0.3) is 0 Å². The summed E-state index contributed by atoms with van der Waals surface area (Å²) in [7, 11) is 1.40. The first kappa shape index (κ1) is 14.7. The Labute approximate surface area is 98.7 Å². The first-order chi connectivity index (χ1) is 7.81. The van der Waals surface area contributed by atoms with Gasteiger partial charge in [-0.05, 0) is 32.1 Å². The van der Waals surface area contributed by atoms with Crippen molar-refractivity contribution in [1.82, 2.24) is 0 Å². The summed E-state index contributed by atoms with van der Waals surface area (Å²) in [5.41, 5.74) is 0. The molecule has 0 saturated carbocycles. The molecule has 90 valence electrons. The summed E-state index contributed by atoms with van der Waals surface area (Å²) >= 11 is 0. The van der Waals surface area contributed by atoms with Gasteiger partial charge in [0, 0.05) is 0 Å². The number of esters is 1. The molecule has 0 unspecified atom stereocenters. The molecular formula is C14H22O2. The summed E-state index contributed by atoms with van der Waals surface area (Å²) in [6.45, 7) is 3.68. The van der Waals surface area contributed by atoms with Crippen molar-refractivity contribution in [3.8, 4) is 0 Å². The summed E-state index contributed by atoms with van der Waals surface area (Å²) in [6, 6.07) is 0. The number of methoxy groups -OCH3 is 1. The molecule has 0 aromatic heterocycles. The number of ether oxygens (including phenoxy) is 1. The van der Waals surface area contributed by atoms with E-state index >= 15 is 0 Å². The molecule has 0 N–H and O–H groups in total. The van der Waals surface area contributed by atoms with E-state index in [9.17, 15) is 4.79 Å². The molecular weight excluding hydrogens is 200 g/mol. The number of carbonyl (C=O) groups excluding carboxylic acids is 1. The van der Waals surface area contributed by atoms with Gasteiger partial charge in [-0.3, -0.25) is 4.79 Å². The van der Waals surface area contributed by atoms with Crippen LogP contribution in [-0.2, 0) is 9.53 Å². The molecule has 0 aromatic carbocycles. The zero-order valence-corrected chi connectivity index (χ0v) is 10.2. The van der Waals surface area contributed by atoms with E-state index < -0.39 is 0 Å². The van der Waals surface area contributed by atoms with Gasteiger partial charge in [0.05, 0.1) is 13.5 Å². The lowest BCUT2D eigenvalue weighted by molar-refractivity contribution is -0.139. The highest BCUT2D eigenvalue weighted by Gasteiger charge is 1.92. The quantitative estimate of drug-likeness (QED) is 0.337. The molecule has 0 aliphatic carbocycles. The van der Waals surface area contributed by atoms with E-state index in [2.05, 4.69) is 23.5 Å². The maximum atomic E-state index is 10.8. The minimum atomic E-state index is -0.184. The van der Waals surface area contributed by atoms with Crippen LogP contribution in [-0.4, -0.2) is 13.1 Å². The Balaban J connectivity index is 3.31. The van der Waals surface area contributed by atoms with E-state index in [1.165, 1.54) is 13.5 Å². The normalized spacial score (nSPS) is 11.1. The molecule has 0 fully saturated rings. The third kappa shape index (κ3) is 10.8. The van der Waals surface area contributed by atoms with Gasteiger partial charge in [-0.2, -0.15) is 0 Å². The maximum Gasteiger partial charge on any atom is 0.309 e. The summed E-state index contributed by atoms with van der Waals surface area (Å²) in [6.07, 6.45) is 16.0. The standard InChI is InChI=1S/C14H22O2/c1-3-4-5-6-7-8-9-10-11-12-13-14(15)16-2/h3,7-8,11-12H,1,4-6,9-10,13H2,2H3/b8-7+,12-11-. The molecule has 16 heavy (non-hydrogen) atoms. The smallest absolute Gasteiger partial charge is 0.309 e. The number of hydrogen-bond acceptors (Lipinski definition) is 2. The zero-order valence-electron chi connectivity index (χ0n) is 10.2. The van der Waals surface area contributed by atoms with E-state index in [0.29, 0.717) is 6.42 Å². The van der Waals surface area contributed by atoms with Crippen LogP contribution >= 0.6 is 0 Å². The topological polar surface area (TPSA) is 26.3 Å². The van der Waals surface area contributed by atoms with Gasteiger partial charge in [-0.1, -0.05) is 30.4 Å². The average Bonchev–Trinajstić information content (AvgIpc) is 2.31. The fraction of sp³-hybridized carbons (Fsp3) is 0.500. The lowest BCUT2D eigenvalue weighted by Gasteiger charge is -1.92. The van der Waals surface area contributed by atoms with Gasteiger partial charge in [0.15, 0.2) is 0 Å². The van der Waals surface area contributed by atoms with Crippen LogP contribution < -0.4 is 0 Å². The Hall–Kier alpha value is -1.31. The van der Waals surface area contributed by atoms with Gasteiger partial charge in [0.1, 0.15) is 0 Å². The molecule has 0 spiro atoms. The Bertz CT molecular complexity index is 239. The SMILES string of the molecule is C=CCCC/C=C/CC/C=C\CC(=O)OC. The lowest BCUT2D eigenvalue weighted by Crippen LogP contribution is -1.96. The molecule has 0 heterocycles. The molecule has 0 atom stereocenters. The highest BCUT2D eigenvalue weighted by atomic mass is 16.5. The van der Waals surface area contributed by atoms with E-state index in [4.69, 9.17) is 0 Å². The van der Waals surface area contributed by atoms with E-state index in [1.54, 1.807) is 0 Å². The molecule has 0 aliphatic heterocycles. The molecule has 2 heteroatoms. The van der Waals surface area contributed by atoms with Crippen LogP contribution in [0.5, 0.6) is 0 Å².